The van der Waals surface area contributed by atoms with E-state index in [9.17, 15) is 4.79 Å². The number of amides is 1. The molecule has 4 nitrogen and oxygen atoms in total. The molecule has 104 valence electrons. The van der Waals surface area contributed by atoms with Crippen LogP contribution in [0.5, 0.6) is 5.75 Å². The Hall–Kier alpha value is -2.01. The summed E-state index contributed by atoms with van der Waals surface area (Å²) in [6, 6.07) is 12.8. The van der Waals surface area contributed by atoms with E-state index in [1.807, 2.05) is 24.3 Å². The van der Waals surface area contributed by atoms with E-state index < -0.39 is 0 Å². The van der Waals surface area contributed by atoms with Crippen LogP contribution in [-0.4, -0.2) is 13.0 Å². The summed E-state index contributed by atoms with van der Waals surface area (Å²) in [6.45, 7) is 0.439. The number of rotatable bonds is 4. The van der Waals surface area contributed by atoms with Gasteiger partial charge in [-0.2, -0.15) is 0 Å². The first-order valence-electron chi connectivity index (χ1n) is 6.06. The molecule has 20 heavy (non-hydrogen) atoms. The number of hydrogen-bond acceptors (Lipinski definition) is 3. The van der Waals surface area contributed by atoms with Crippen molar-refractivity contribution in [1.82, 2.24) is 5.32 Å². The van der Waals surface area contributed by atoms with Crippen LogP contribution in [0.25, 0.3) is 0 Å². The van der Waals surface area contributed by atoms with Gasteiger partial charge in [0.1, 0.15) is 5.75 Å². The molecule has 0 aliphatic heterocycles. The van der Waals surface area contributed by atoms with Crippen molar-refractivity contribution in [3.8, 4) is 5.75 Å². The normalized spacial score (nSPS) is 10.1. The second-order valence-electron chi connectivity index (χ2n) is 4.27. The summed E-state index contributed by atoms with van der Waals surface area (Å²) in [6.07, 6.45) is 0. The minimum absolute atomic E-state index is 0.221. The van der Waals surface area contributed by atoms with Crippen molar-refractivity contribution in [3.63, 3.8) is 0 Å². The second kappa shape index (κ2) is 6.43. The number of hydrogen-bond donors (Lipinski definition) is 2. The summed E-state index contributed by atoms with van der Waals surface area (Å²) in [7, 11) is 1.55. The minimum atomic E-state index is -0.221. The molecule has 1 amide bonds. The number of nitrogens with one attached hydrogen (secondary N) is 1. The quantitative estimate of drug-likeness (QED) is 0.845. The predicted molar refractivity (Wildman–Crippen MR) is 82.7 cm³/mol. The fourth-order valence-corrected chi connectivity index (χ4v) is 2.23. The van der Waals surface area contributed by atoms with Crippen molar-refractivity contribution in [2.75, 3.05) is 12.8 Å². The third-order valence-corrected chi connectivity index (χ3v) is 3.34. The first-order chi connectivity index (χ1) is 9.60. The van der Waals surface area contributed by atoms with E-state index in [2.05, 4.69) is 21.2 Å². The summed E-state index contributed by atoms with van der Waals surface area (Å²) < 4.78 is 6.07. The molecule has 3 N–H and O–H groups in total. The Morgan fingerprint density at radius 1 is 1.30 bits per heavy atom. The van der Waals surface area contributed by atoms with Crippen LogP contribution >= 0.6 is 15.9 Å². The number of nitrogens with two attached hydrogens (primary N) is 1. The average molecular weight is 335 g/mol. The molecule has 0 spiro atoms. The lowest BCUT2D eigenvalue weighted by Crippen LogP contribution is -2.23. The van der Waals surface area contributed by atoms with Crippen LogP contribution in [0.4, 0.5) is 5.69 Å². The Bertz CT molecular complexity index is 629. The lowest BCUT2D eigenvalue weighted by atomic mass is 10.1. The van der Waals surface area contributed by atoms with Crippen molar-refractivity contribution < 1.29 is 9.53 Å². The molecule has 0 unspecified atom stereocenters. The zero-order valence-corrected chi connectivity index (χ0v) is 12.6. The van der Waals surface area contributed by atoms with E-state index in [-0.39, 0.29) is 5.91 Å². The largest absolute Gasteiger partial charge is 0.497 e. The molecule has 0 atom stereocenters. The fraction of sp³-hybridized carbons (Fsp3) is 0.133. The Morgan fingerprint density at radius 2 is 2.10 bits per heavy atom. The predicted octanol–water partition coefficient (Wildman–Crippen LogP) is 2.97. The number of ether oxygens (including phenoxy) is 1. The molecule has 0 radical (unpaired) electrons. The van der Waals surface area contributed by atoms with Crippen molar-refractivity contribution in [2.24, 2.45) is 0 Å². The Morgan fingerprint density at radius 3 is 2.80 bits per heavy atom. The number of carbonyl (C=O) groups is 1. The van der Waals surface area contributed by atoms with Crippen LogP contribution < -0.4 is 15.8 Å². The van der Waals surface area contributed by atoms with Crippen molar-refractivity contribution in [2.45, 2.75) is 6.54 Å². The monoisotopic (exact) mass is 334 g/mol. The molecule has 2 aromatic carbocycles. The summed E-state index contributed by atoms with van der Waals surface area (Å²) in [5.74, 6) is 0.383. The van der Waals surface area contributed by atoms with Crippen LogP contribution in [0.3, 0.4) is 0 Å². The highest BCUT2D eigenvalue weighted by Crippen LogP contribution is 2.19. The zero-order valence-electron chi connectivity index (χ0n) is 11.0. The molecule has 5 heteroatoms. The molecular weight excluding hydrogens is 320 g/mol. The van der Waals surface area contributed by atoms with Crippen molar-refractivity contribution >= 4 is 27.5 Å². The van der Waals surface area contributed by atoms with Gasteiger partial charge < -0.3 is 15.8 Å². The van der Waals surface area contributed by atoms with Gasteiger partial charge in [-0.1, -0.05) is 28.1 Å². The van der Waals surface area contributed by atoms with Gasteiger partial charge in [-0.3, -0.25) is 4.79 Å². The van der Waals surface area contributed by atoms with Gasteiger partial charge in [0, 0.05) is 16.7 Å². The second-order valence-corrected chi connectivity index (χ2v) is 5.18. The third kappa shape index (κ3) is 3.51. The first kappa shape index (κ1) is 14.4. The van der Waals surface area contributed by atoms with Gasteiger partial charge >= 0.3 is 0 Å². The molecule has 0 saturated carbocycles. The molecule has 0 heterocycles. The lowest BCUT2D eigenvalue weighted by molar-refractivity contribution is 0.0951. The average Bonchev–Trinajstić information content (AvgIpc) is 2.45. The van der Waals surface area contributed by atoms with Gasteiger partial charge in [-0.25, -0.2) is 0 Å². The fourth-order valence-electron chi connectivity index (χ4n) is 1.78. The molecule has 0 saturated heterocycles. The van der Waals surface area contributed by atoms with E-state index in [1.54, 1.807) is 25.3 Å². The van der Waals surface area contributed by atoms with Crippen LogP contribution in [0.2, 0.25) is 0 Å². The van der Waals surface area contributed by atoms with Gasteiger partial charge in [-0.05, 0) is 35.9 Å². The van der Waals surface area contributed by atoms with E-state index in [0.29, 0.717) is 23.5 Å². The highest BCUT2D eigenvalue weighted by molar-refractivity contribution is 9.10. The molecule has 2 rings (SSSR count). The SMILES string of the molecule is COc1ccc(N)c(C(=O)NCc2cccc(Br)c2)c1. The molecule has 0 aliphatic rings. The summed E-state index contributed by atoms with van der Waals surface area (Å²) in [4.78, 5) is 12.1. The smallest absolute Gasteiger partial charge is 0.253 e. The molecule has 0 aromatic heterocycles. The van der Waals surface area contributed by atoms with Crippen LogP contribution in [0.1, 0.15) is 15.9 Å². The topological polar surface area (TPSA) is 64.3 Å². The molecule has 0 bridgehead atoms. The van der Waals surface area contributed by atoms with E-state index in [4.69, 9.17) is 10.5 Å². The van der Waals surface area contributed by atoms with Gasteiger partial charge in [0.05, 0.1) is 12.7 Å². The Balaban J connectivity index is 2.08. The van der Waals surface area contributed by atoms with Crippen LogP contribution in [0.15, 0.2) is 46.9 Å². The van der Waals surface area contributed by atoms with Gasteiger partial charge in [-0.15, -0.1) is 0 Å². The van der Waals surface area contributed by atoms with E-state index >= 15 is 0 Å². The van der Waals surface area contributed by atoms with E-state index in [0.717, 1.165) is 10.0 Å². The summed E-state index contributed by atoms with van der Waals surface area (Å²) in [5, 5.41) is 2.84. The van der Waals surface area contributed by atoms with Gasteiger partial charge in [0.2, 0.25) is 0 Å². The molecule has 2 aromatic rings. The highest BCUT2D eigenvalue weighted by atomic mass is 79.9. The van der Waals surface area contributed by atoms with Gasteiger partial charge in [0.15, 0.2) is 0 Å². The summed E-state index contributed by atoms with van der Waals surface area (Å²) >= 11 is 3.40. The zero-order chi connectivity index (χ0) is 14.5. The van der Waals surface area contributed by atoms with Crippen molar-refractivity contribution in [3.05, 3.63) is 58.1 Å². The number of halogens is 1. The first-order valence-corrected chi connectivity index (χ1v) is 6.85. The van der Waals surface area contributed by atoms with Crippen molar-refractivity contribution in [1.29, 1.82) is 0 Å². The molecule has 0 fully saturated rings. The Kier molecular flexibility index (Phi) is 4.63. The third-order valence-electron chi connectivity index (χ3n) is 2.85. The number of benzene rings is 2. The van der Waals surface area contributed by atoms with Gasteiger partial charge in [0.25, 0.3) is 5.91 Å². The number of methoxy groups -OCH3 is 1. The van der Waals surface area contributed by atoms with E-state index in [1.165, 1.54) is 0 Å². The van der Waals surface area contributed by atoms with Crippen LogP contribution in [-0.2, 0) is 6.54 Å². The Labute approximate surface area is 126 Å². The molecule has 0 aliphatic carbocycles. The maximum atomic E-state index is 12.1. The highest BCUT2D eigenvalue weighted by Gasteiger charge is 2.10. The number of nitrogen functional groups attached to an aromatic ring is 1. The molecular formula is C15H15BrN2O2. The number of anilines is 1. The lowest BCUT2D eigenvalue weighted by Gasteiger charge is -2.09. The van der Waals surface area contributed by atoms with Crippen LogP contribution in [0, 0.1) is 0 Å². The number of carbonyl (C=O) groups excluding carboxylic acids is 1. The standard InChI is InChI=1S/C15H15BrN2O2/c1-20-12-5-6-14(17)13(8-12)15(19)18-9-10-3-2-4-11(16)7-10/h2-8H,9,17H2,1H3,(H,18,19). The minimum Gasteiger partial charge on any atom is -0.497 e. The maximum absolute atomic E-state index is 12.1. The maximum Gasteiger partial charge on any atom is 0.253 e. The summed E-state index contributed by atoms with van der Waals surface area (Å²) in [5.41, 5.74) is 7.67.